The molecule has 0 aliphatic heterocycles. The molecule has 7 nitrogen and oxygen atoms in total. The topological polar surface area (TPSA) is 86.8 Å². The van der Waals surface area contributed by atoms with Gasteiger partial charge < -0.3 is 10.2 Å². The second-order valence-corrected chi connectivity index (χ2v) is 12.0. The number of hydrogen-bond acceptors (Lipinski definition) is 4. The number of benzene rings is 2. The summed E-state index contributed by atoms with van der Waals surface area (Å²) in [7, 11) is -3.83. The first-order valence-electron chi connectivity index (χ1n) is 10.7. The molecule has 0 aliphatic carbocycles. The first-order valence-corrected chi connectivity index (χ1v) is 13.3. The lowest BCUT2D eigenvalue weighted by Crippen LogP contribution is -2.54. The molecule has 10 heteroatoms. The van der Waals surface area contributed by atoms with Crippen molar-refractivity contribution in [2.45, 2.75) is 52.7 Å². The minimum absolute atomic E-state index is 0.0981. The Bertz CT molecular complexity index is 1150. The molecule has 0 aliphatic rings. The van der Waals surface area contributed by atoms with Gasteiger partial charge in [0.1, 0.15) is 12.6 Å². The fourth-order valence-electron chi connectivity index (χ4n) is 3.29. The Morgan fingerprint density at radius 3 is 2.12 bits per heavy atom. The van der Waals surface area contributed by atoms with Gasteiger partial charge >= 0.3 is 0 Å². The molecule has 0 fully saturated rings. The molecular formula is C24H31Cl2N3O4S. The number of hydrogen-bond donors (Lipinski definition) is 1. The van der Waals surface area contributed by atoms with Gasteiger partial charge in [0.15, 0.2) is 0 Å². The molecule has 0 saturated carbocycles. The molecule has 34 heavy (non-hydrogen) atoms. The van der Waals surface area contributed by atoms with Crippen molar-refractivity contribution in [2.24, 2.45) is 0 Å². The van der Waals surface area contributed by atoms with Crippen molar-refractivity contribution in [3.05, 3.63) is 63.6 Å². The maximum Gasteiger partial charge on any atom is 0.244 e. The van der Waals surface area contributed by atoms with Crippen LogP contribution in [-0.4, -0.2) is 49.5 Å². The average Bonchev–Trinajstić information content (AvgIpc) is 2.70. The minimum atomic E-state index is -3.83. The largest absolute Gasteiger partial charge is 0.350 e. The standard InChI is InChI=1S/C24H31Cl2N3O4S/c1-16-7-10-20(26)13-21(16)29(34(6,32)33)15-22(30)28(14-18-8-11-19(25)12-9-18)17(2)23(31)27-24(3,4)5/h7-13,17H,14-15H2,1-6H3,(H,27,31). The van der Waals surface area contributed by atoms with Crippen molar-refractivity contribution in [2.75, 3.05) is 17.1 Å². The zero-order valence-corrected chi connectivity index (χ0v) is 22.6. The lowest BCUT2D eigenvalue weighted by atomic mass is 10.1. The molecule has 2 rings (SSSR count). The maximum atomic E-state index is 13.5. The van der Waals surface area contributed by atoms with Gasteiger partial charge in [0, 0.05) is 22.1 Å². The van der Waals surface area contributed by atoms with Crippen LogP contribution >= 0.6 is 23.2 Å². The molecule has 0 saturated heterocycles. The summed E-state index contributed by atoms with van der Waals surface area (Å²) in [5.41, 5.74) is 1.20. The molecule has 0 heterocycles. The SMILES string of the molecule is Cc1ccc(Cl)cc1N(CC(=O)N(Cc1ccc(Cl)cc1)C(C)C(=O)NC(C)(C)C)S(C)(=O)=O. The lowest BCUT2D eigenvalue weighted by molar-refractivity contribution is -0.140. The molecular weight excluding hydrogens is 497 g/mol. The molecule has 2 amide bonds. The van der Waals surface area contributed by atoms with Crippen molar-refractivity contribution in [3.63, 3.8) is 0 Å². The fraction of sp³-hybridized carbons (Fsp3) is 0.417. The summed E-state index contributed by atoms with van der Waals surface area (Å²) >= 11 is 12.1. The Balaban J connectivity index is 2.44. The van der Waals surface area contributed by atoms with E-state index in [0.29, 0.717) is 21.3 Å². The predicted octanol–water partition coefficient (Wildman–Crippen LogP) is 4.40. The molecule has 186 valence electrons. The van der Waals surface area contributed by atoms with Crippen molar-refractivity contribution in [1.82, 2.24) is 10.2 Å². The van der Waals surface area contributed by atoms with Crippen LogP contribution in [-0.2, 0) is 26.2 Å². The van der Waals surface area contributed by atoms with Crippen LogP contribution in [0.1, 0.15) is 38.8 Å². The first-order chi connectivity index (χ1) is 15.6. The number of amides is 2. The minimum Gasteiger partial charge on any atom is -0.350 e. The number of sulfonamides is 1. The van der Waals surface area contributed by atoms with E-state index < -0.39 is 34.1 Å². The molecule has 1 atom stereocenters. The third-order valence-corrected chi connectivity index (χ3v) is 6.66. The number of anilines is 1. The molecule has 0 aromatic heterocycles. The van der Waals surface area contributed by atoms with E-state index in [2.05, 4.69) is 5.32 Å². The van der Waals surface area contributed by atoms with Crippen molar-refractivity contribution in [1.29, 1.82) is 0 Å². The highest BCUT2D eigenvalue weighted by molar-refractivity contribution is 7.92. The second-order valence-electron chi connectivity index (χ2n) is 9.26. The number of rotatable bonds is 8. The van der Waals surface area contributed by atoms with E-state index >= 15 is 0 Å². The molecule has 0 spiro atoms. The smallest absolute Gasteiger partial charge is 0.244 e. The van der Waals surface area contributed by atoms with E-state index in [4.69, 9.17) is 23.2 Å². The quantitative estimate of drug-likeness (QED) is 0.551. The van der Waals surface area contributed by atoms with Crippen LogP contribution in [0.5, 0.6) is 0 Å². The third-order valence-electron chi connectivity index (χ3n) is 5.05. The summed E-state index contributed by atoms with van der Waals surface area (Å²) < 4.78 is 26.3. The zero-order chi connectivity index (χ0) is 25.8. The third kappa shape index (κ3) is 7.89. The molecule has 1 unspecified atom stereocenters. The van der Waals surface area contributed by atoms with E-state index in [0.717, 1.165) is 16.1 Å². The van der Waals surface area contributed by atoms with Crippen molar-refractivity contribution in [3.8, 4) is 0 Å². The van der Waals surface area contributed by atoms with Gasteiger partial charge in [-0.05, 0) is 70.0 Å². The van der Waals surface area contributed by atoms with E-state index in [1.165, 1.54) is 11.0 Å². The van der Waals surface area contributed by atoms with E-state index in [1.807, 2.05) is 20.8 Å². The molecule has 2 aromatic rings. The first kappa shape index (κ1) is 28.0. The van der Waals surface area contributed by atoms with Crippen molar-refractivity contribution < 1.29 is 18.0 Å². The Labute approximate surface area is 212 Å². The maximum absolute atomic E-state index is 13.5. The molecule has 0 bridgehead atoms. The van der Waals surface area contributed by atoms with Gasteiger partial charge in [-0.3, -0.25) is 13.9 Å². The fourth-order valence-corrected chi connectivity index (χ4v) is 4.48. The normalized spacial score (nSPS) is 12.7. The number of carbonyl (C=O) groups excluding carboxylic acids is 2. The highest BCUT2D eigenvalue weighted by Crippen LogP contribution is 2.27. The Morgan fingerprint density at radius 2 is 1.59 bits per heavy atom. The van der Waals surface area contributed by atoms with Crippen LogP contribution in [0.3, 0.4) is 0 Å². The number of nitrogens with zero attached hydrogens (tertiary/aromatic N) is 2. The van der Waals surface area contributed by atoms with Gasteiger partial charge in [0.25, 0.3) is 0 Å². The Morgan fingerprint density at radius 1 is 1.03 bits per heavy atom. The summed E-state index contributed by atoms with van der Waals surface area (Å²) in [5.74, 6) is -0.879. The average molecular weight is 529 g/mol. The second kappa shape index (κ2) is 11.0. The number of carbonyl (C=O) groups is 2. The van der Waals surface area contributed by atoms with Crippen LogP contribution in [0.4, 0.5) is 5.69 Å². The molecule has 0 radical (unpaired) electrons. The van der Waals surface area contributed by atoms with Gasteiger partial charge in [-0.15, -0.1) is 0 Å². The molecule has 1 N–H and O–H groups in total. The van der Waals surface area contributed by atoms with Gasteiger partial charge in [0.05, 0.1) is 11.9 Å². The van der Waals surface area contributed by atoms with Gasteiger partial charge in [0.2, 0.25) is 21.8 Å². The summed E-state index contributed by atoms with van der Waals surface area (Å²) in [5, 5.41) is 3.76. The van der Waals surface area contributed by atoms with Crippen molar-refractivity contribution >= 4 is 50.7 Å². The van der Waals surface area contributed by atoms with Gasteiger partial charge in [-0.25, -0.2) is 8.42 Å². The summed E-state index contributed by atoms with van der Waals surface area (Å²) in [6.45, 7) is 8.49. The summed E-state index contributed by atoms with van der Waals surface area (Å²) in [4.78, 5) is 27.8. The van der Waals surface area contributed by atoms with Crippen LogP contribution in [0.15, 0.2) is 42.5 Å². The zero-order valence-electron chi connectivity index (χ0n) is 20.2. The summed E-state index contributed by atoms with van der Waals surface area (Å²) in [6.07, 6.45) is 1.03. The van der Waals surface area contributed by atoms with Crippen LogP contribution in [0, 0.1) is 6.92 Å². The van der Waals surface area contributed by atoms with Crippen LogP contribution in [0.2, 0.25) is 10.0 Å². The number of halogens is 2. The number of nitrogens with one attached hydrogen (secondary N) is 1. The highest BCUT2D eigenvalue weighted by atomic mass is 35.5. The highest BCUT2D eigenvalue weighted by Gasteiger charge is 2.31. The van der Waals surface area contributed by atoms with E-state index in [1.54, 1.807) is 50.2 Å². The van der Waals surface area contributed by atoms with Gasteiger partial charge in [-0.2, -0.15) is 0 Å². The lowest BCUT2D eigenvalue weighted by Gasteiger charge is -2.33. The van der Waals surface area contributed by atoms with Crippen LogP contribution < -0.4 is 9.62 Å². The van der Waals surface area contributed by atoms with Gasteiger partial charge in [-0.1, -0.05) is 41.4 Å². The summed E-state index contributed by atoms with van der Waals surface area (Å²) in [6, 6.07) is 10.9. The Hall–Kier alpha value is -2.29. The molecule has 2 aromatic carbocycles. The van der Waals surface area contributed by atoms with Crippen LogP contribution in [0.25, 0.3) is 0 Å². The van der Waals surface area contributed by atoms with E-state index in [9.17, 15) is 18.0 Å². The Kier molecular flexibility index (Phi) is 9.02. The number of aryl methyl sites for hydroxylation is 1. The van der Waals surface area contributed by atoms with E-state index in [-0.39, 0.29) is 12.5 Å². The monoisotopic (exact) mass is 527 g/mol. The predicted molar refractivity (Wildman–Crippen MR) is 138 cm³/mol.